The van der Waals surface area contributed by atoms with Crippen molar-refractivity contribution in [1.29, 1.82) is 0 Å². The number of benzene rings is 4. The van der Waals surface area contributed by atoms with Crippen molar-refractivity contribution in [2.45, 2.75) is 25.3 Å². The number of nitrogens with one attached hydrogen (secondary N) is 2. The van der Waals surface area contributed by atoms with Crippen LogP contribution in [0.1, 0.15) is 16.7 Å². The van der Waals surface area contributed by atoms with E-state index in [2.05, 4.69) is 10.3 Å². The fourth-order valence-corrected chi connectivity index (χ4v) is 7.16. The Morgan fingerprint density at radius 2 is 1.40 bits per heavy atom. The molecule has 220 valence electrons. The summed E-state index contributed by atoms with van der Waals surface area (Å²) in [5.74, 6) is -2.60. The second-order valence-electron chi connectivity index (χ2n) is 10.9. The lowest BCUT2D eigenvalue weighted by molar-refractivity contribution is -0.142. The number of aromatic amines is 1. The van der Waals surface area contributed by atoms with E-state index in [-0.39, 0.29) is 25.2 Å². The summed E-state index contributed by atoms with van der Waals surface area (Å²) in [6.07, 6.45) is 2.23. The molecule has 0 aliphatic heterocycles. The van der Waals surface area contributed by atoms with Crippen molar-refractivity contribution in [3.63, 3.8) is 0 Å². The van der Waals surface area contributed by atoms with Gasteiger partial charge in [-0.25, -0.2) is 4.79 Å². The molecule has 0 saturated carbocycles. The highest BCUT2D eigenvalue weighted by molar-refractivity contribution is 7.58. The minimum absolute atomic E-state index is 0.0332. The Kier molecular flexibility index (Phi) is 9.55. The Bertz CT molecular complexity index is 1720. The predicted molar refractivity (Wildman–Crippen MR) is 170 cm³/mol. The van der Waals surface area contributed by atoms with Crippen LogP contribution in [0.5, 0.6) is 0 Å². The van der Waals surface area contributed by atoms with Crippen LogP contribution >= 0.6 is 7.37 Å². The number of amides is 1. The molecular formula is C35H35N2O5P. The summed E-state index contributed by atoms with van der Waals surface area (Å²) >= 11 is 0. The summed E-state index contributed by atoms with van der Waals surface area (Å²) in [5, 5.41) is 13.6. The Morgan fingerprint density at radius 1 is 0.767 bits per heavy atom. The predicted octanol–water partition coefficient (Wildman–Crippen LogP) is 6.32. The van der Waals surface area contributed by atoms with Crippen molar-refractivity contribution >= 4 is 30.1 Å². The largest absolute Gasteiger partial charge is 0.480 e. The monoisotopic (exact) mass is 594 g/mol. The van der Waals surface area contributed by atoms with Gasteiger partial charge in [-0.15, -0.1) is 0 Å². The molecule has 0 aliphatic carbocycles. The standard InChI is InChI=1S/C35H35N2O5P/c38-34(37-33(35(39)40)22-29-23-36-32-14-8-7-13-31(29)32)30(24-43(41,42)20-19-25-9-3-1-4-10-25)21-26-15-17-28(18-16-26)27-11-5-2-6-12-27/h1-18,23,30,33,36H,19-22,24H2,(H,37,38)(H,39,40)(H,41,42)/t30-,33+/m1/s1. The molecule has 4 N–H and O–H groups in total. The van der Waals surface area contributed by atoms with E-state index in [0.717, 1.165) is 38.7 Å². The molecule has 0 radical (unpaired) electrons. The van der Waals surface area contributed by atoms with E-state index in [0.29, 0.717) is 6.42 Å². The third-order valence-corrected chi connectivity index (χ3v) is 9.66. The van der Waals surface area contributed by atoms with Crippen LogP contribution in [0.25, 0.3) is 22.0 Å². The molecule has 4 aromatic carbocycles. The molecule has 0 fully saturated rings. The number of hydrogen-bond acceptors (Lipinski definition) is 3. The van der Waals surface area contributed by atoms with Gasteiger partial charge in [0.05, 0.1) is 5.92 Å². The maximum atomic E-state index is 13.7. The summed E-state index contributed by atoms with van der Waals surface area (Å²) < 4.78 is 13.4. The fourth-order valence-electron chi connectivity index (χ4n) is 5.38. The number of para-hydroxylation sites is 1. The quantitative estimate of drug-likeness (QED) is 0.119. The molecule has 0 aliphatic rings. The molecule has 5 rings (SSSR count). The number of hydrogen-bond donors (Lipinski definition) is 4. The second kappa shape index (κ2) is 13.7. The van der Waals surface area contributed by atoms with Crippen molar-refractivity contribution in [2.75, 3.05) is 12.3 Å². The minimum Gasteiger partial charge on any atom is -0.480 e. The normalized spacial score (nSPS) is 14.1. The first-order valence-corrected chi connectivity index (χ1v) is 16.4. The number of carboxylic acid groups (broad SMARTS) is 1. The van der Waals surface area contributed by atoms with E-state index in [1.165, 1.54) is 0 Å². The maximum Gasteiger partial charge on any atom is 0.326 e. The zero-order valence-electron chi connectivity index (χ0n) is 23.7. The van der Waals surface area contributed by atoms with Gasteiger partial charge in [-0.1, -0.05) is 103 Å². The SMILES string of the molecule is O=C(N[C@@H](Cc1c[nH]c2ccccc12)C(=O)O)[C@H](Cc1ccc(-c2ccccc2)cc1)CP(=O)(O)CCc1ccccc1. The smallest absolute Gasteiger partial charge is 0.326 e. The number of aliphatic carboxylic acids is 1. The molecule has 8 heteroatoms. The zero-order valence-corrected chi connectivity index (χ0v) is 24.6. The van der Waals surface area contributed by atoms with Crippen LogP contribution < -0.4 is 5.32 Å². The molecule has 1 amide bonds. The van der Waals surface area contributed by atoms with Gasteiger partial charge in [0.15, 0.2) is 0 Å². The molecule has 1 heterocycles. The minimum atomic E-state index is -3.73. The molecule has 0 spiro atoms. The van der Waals surface area contributed by atoms with Gasteiger partial charge in [0, 0.05) is 35.8 Å². The van der Waals surface area contributed by atoms with E-state index in [1.54, 1.807) is 6.20 Å². The Labute approximate surface area is 251 Å². The average molecular weight is 595 g/mol. The van der Waals surface area contributed by atoms with Crippen LogP contribution in [0.2, 0.25) is 0 Å². The second-order valence-corrected chi connectivity index (χ2v) is 13.4. The van der Waals surface area contributed by atoms with Crippen LogP contribution in [0.3, 0.4) is 0 Å². The number of aromatic nitrogens is 1. The molecule has 0 bridgehead atoms. The lowest BCUT2D eigenvalue weighted by atomic mass is 9.96. The van der Waals surface area contributed by atoms with Crippen molar-refractivity contribution in [1.82, 2.24) is 10.3 Å². The Morgan fingerprint density at radius 3 is 2.09 bits per heavy atom. The van der Waals surface area contributed by atoms with Gasteiger partial charge in [-0.05, 0) is 46.7 Å². The molecule has 1 unspecified atom stereocenters. The van der Waals surface area contributed by atoms with E-state index in [9.17, 15) is 24.2 Å². The fraction of sp³-hybridized carbons (Fsp3) is 0.200. The number of carbonyl (C=O) groups excluding carboxylic acids is 1. The Balaban J connectivity index is 1.34. The molecular weight excluding hydrogens is 559 g/mol. The van der Waals surface area contributed by atoms with Gasteiger partial charge in [-0.3, -0.25) is 9.36 Å². The van der Waals surface area contributed by atoms with Crippen molar-refractivity contribution < 1.29 is 24.2 Å². The van der Waals surface area contributed by atoms with E-state index in [1.807, 2.05) is 109 Å². The molecule has 43 heavy (non-hydrogen) atoms. The van der Waals surface area contributed by atoms with Crippen LogP contribution in [0.4, 0.5) is 0 Å². The van der Waals surface area contributed by atoms with Crippen LogP contribution in [0, 0.1) is 5.92 Å². The highest BCUT2D eigenvalue weighted by Gasteiger charge is 2.32. The summed E-state index contributed by atoms with van der Waals surface area (Å²) in [5.41, 5.74) is 5.50. The van der Waals surface area contributed by atoms with Crippen LogP contribution in [-0.4, -0.2) is 45.2 Å². The third kappa shape index (κ3) is 8.10. The van der Waals surface area contributed by atoms with E-state index < -0.39 is 31.2 Å². The Hall–Kier alpha value is -4.45. The number of H-pyrrole nitrogens is 1. The first-order chi connectivity index (χ1) is 20.8. The molecule has 1 aromatic heterocycles. The molecule has 5 aromatic rings. The zero-order chi connectivity index (χ0) is 30.2. The van der Waals surface area contributed by atoms with Crippen molar-refractivity contribution in [2.24, 2.45) is 5.92 Å². The average Bonchev–Trinajstić information content (AvgIpc) is 3.43. The van der Waals surface area contributed by atoms with Crippen LogP contribution in [0.15, 0.2) is 115 Å². The molecule has 0 saturated heterocycles. The highest BCUT2D eigenvalue weighted by atomic mass is 31.2. The highest BCUT2D eigenvalue weighted by Crippen LogP contribution is 2.44. The van der Waals surface area contributed by atoms with Gasteiger partial charge in [-0.2, -0.15) is 0 Å². The molecule has 3 atom stereocenters. The summed E-state index contributed by atoms with van der Waals surface area (Å²) in [6.45, 7) is 0. The lowest BCUT2D eigenvalue weighted by Gasteiger charge is -2.23. The number of carbonyl (C=O) groups is 2. The topological polar surface area (TPSA) is 119 Å². The summed E-state index contributed by atoms with van der Waals surface area (Å²) in [7, 11) is -3.73. The first-order valence-electron chi connectivity index (χ1n) is 14.3. The number of rotatable bonds is 13. The first kappa shape index (κ1) is 30.0. The number of fused-ring (bicyclic) bond motifs is 1. The summed E-state index contributed by atoms with van der Waals surface area (Å²) in [6, 6.07) is 33.5. The lowest BCUT2D eigenvalue weighted by Crippen LogP contribution is -2.46. The van der Waals surface area contributed by atoms with Gasteiger partial charge >= 0.3 is 5.97 Å². The van der Waals surface area contributed by atoms with Gasteiger partial charge < -0.3 is 20.3 Å². The maximum absolute atomic E-state index is 13.7. The third-order valence-electron chi connectivity index (χ3n) is 7.73. The number of aryl methyl sites for hydroxylation is 1. The van der Waals surface area contributed by atoms with Crippen molar-refractivity contribution in [3.8, 4) is 11.1 Å². The van der Waals surface area contributed by atoms with Crippen molar-refractivity contribution in [3.05, 3.63) is 132 Å². The van der Waals surface area contributed by atoms with Gasteiger partial charge in [0.1, 0.15) is 6.04 Å². The van der Waals surface area contributed by atoms with Gasteiger partial charge in [0.25, 0.3) is 0 Å². The van der Waals surface area contributed by atoms with E-state index in [4.69, 9.17) is 0 Å². The summed E-state index contributed by atoms with van der Waals surface area (Å²) in [4.78, 5) is 40.1. The van der Waals surface area contributed by atoms with E-state index >= 15 is 0 Å². The number of carboxylic acids is 1. The van der Waals surface area contributed by atoms with Crippen LogP contribution in [-0.2, 0) is 33.4 Å². The molecule has 7 nitrogen and oxygen atoms in total. The van der Waals surface area contributed by atoms with Gasteiger partial charge in [0.2, 0.25) is 13.3 Å².